The summed E-state index contributed by atoms with van der Waals surface area (Å²) in [5.74, 6) is 0.294. The van der Waals surface area contributed by atoms with Crippen LogP contribution < -0.4 is 0 Å². The van der Waals surface area contributed by atoms with E-state index in [0.717, 1.165) is 51.1 Å². The molecule has 1 saturated heterocycles. The highest BCUT2D eigenvalue weighted by Gasteiger charge is 2.33. The van der Waals surface area contributed by atoms with Crippen LogP contribution in [0.15, 0.2) is 24.3 Å². The van der Waals surface area contributed by atoms with E-state index in [9.17, 15) is 4.79 Å². The van der Waals surface area contributed by atoms with Gasteiger partial charge in [-0.05, 0) is 18.4 Å². The van der Waals surface area contributed by atoms with E-state index in [4.69, 9.17) is 5.11 Å². The molecule has 0 bridgehead atoms. The Hall–Kier alpha value is -1.23. The summed E-state index contributed by atoms with van der Waals surface area (Å²) in [6.45, 7) is 4.72. The summed E-state index contributed by atoms with van der Waals surface area (Å²) in [6, 6.07) is 8.06. The van der Waals surface area contributed by atoms with Gasteiger partial charge in [-0.1, -0.05) is 24.3 Å². The fourth-order valence-electron chi connectivity index (χ4n) is 3.37. The molecule has 1 aromatic rings. The highest BCUT2D eigenvalue weighted by molar-refractivity contribution is 6.02. The summed E-state index contributed by atoms with van der Waals surface area (Å²) < 4.78 is 0. The number of aliphatic hydroxyl groups excluding tert-OH is 1. The van der Waals surface area contributed by atoms with Crippen molar-refractivity contribution in [1.29, 1.82) is 0 Å². The maximum atomic E-state index is 12.6. The van der Waals surface area contributed by atoms with Gasteiger partial charge in [-0.15, -0.1) is 0 Å². The second-order valence-electron chi connectivity index (χ2n) is 5.68. The number of Topliss-reactive ketones (excluding diaryl/α,β-unsaturated/α-hetero) is 1. The predicted octanol–water partition coefficient (Wildman–Crippen LogP) is 0.794. The van der Waals surface area contributed by atoms with Crippen molar-refractivity contribution in [2.24, 2.45) is 0 Å². The van der Waals surface area contributed by atoms with E-state index in [1.807, 2.05) is 18.2 Å². The van der Waals surface area contributed by atoms with Crippen molar-refractivity contribution in [2.45, 2.75) is 18.9 Å². The van der Waals surface area contributed by atoms with Crippen molar-refractivity contribution in [3.63, 3.8) is 0 Å². The van der Waals surface area contributed by atoms with Gasteiger partial charge in [-0.3, -0.25) is 14.6 Å². The number of hydrogen-bond donors (Lipinski definition) is 1. The average molecular weight is 274 g/mol. The van der Waals surface area contributed by atoms with E-state index >= 15 is 0 Å². The first-order valence-corrected chi connectivity index (χ1v) is 7.49. The summed E-state index contributed by atoms with van der Waals surface area (Å²) in [5.41, 5.74) is 2.12. The van der Waals surface area contributed by atoms with Gasteiger partial charge in [-0.25, -0.2) is 0 Å². The van der Waals surface area contributed by atoms with Crippen LogP contribution in [0.2, 0.25) is 0 Å². The number of nitrogens with zero attached hydrogens (tertiary/aromatic N) is 2. The van der Waals surface area contributed by atoms with Crippen LogP contribution in [0.3, 0.4) is 0 Å². The lowest BCUT2D eigenvalue weighted by molar-refractivity contribution is 0.0594. The second kappa shape index (κ2) is 6.04. The number of carbonyl (C=O) groups excluding carboxylic acids is 1. The molecule has 1 unspecified atom stereocenters. The first kappa shape index (κ1) is 13.7. The van der Waals surface area contributed by atoms with Gasteiger partial charge < -0.3 is 5.11 Å². The predicted molar refractivity (Wildman–Crippen MR) is 78.0 cm³/mol. The molecule has 0 amide bonds. The lowest BCUT2D eigenvalue weighted by Crippen LogP contribution is -2.54. The van der Waals surface area contributed by atoms with Gasteiger partial charge in [0.25, 0.3) is 0 Å². The van der Waals surface area contributed by atoms with E-state index in [1.54, 1.807) is 0 Å². The zero-order chi connectivity index (χ0) is 13.9. The fraction of sp³-hybridized carbons (Fsp3) is 0.562. The largest absolute Gasteiger partial charge is 0.395 e. The average Bonchev–Trinajstić information content (AvgIpc) is 2.49. The van der Waals surface area contributed by atoms with Gasteiger partial charge in [0.1, 0.15) is 0 Å². The number of hydrogen-bond acceptors (Lipinski definition) is 4. The van der Waals surface area contributed by atoms with E-state index < -0.39 is 0 Å². The van der Waals surface area contributed by atoms with Crippen LogP contribution in [0.5, 0.6) is 0 Å². The Morgan fingerprint density at radius 1 is 1.15 bits per heavy atom. The Balaban J connectivity index is 1.67. The van der Waals surface area contributed by atoms with Crippen molar-refractivity contribution in [3.05, 3.63) is 35.4 Å². The number of β-amino-alcohol motifs (C(OH)–C–C–N with tert-alkyl or cyclic N) is 1. The normalized spacial score (nSPS) is 24.6. The first-order chi connectivity index (χ1) is 9.79. The molecule has 0 radical (unpaired) electrons. The highest BCUT2D eigenvalue weighted by atomic mass is 16.3. The molecule has 108 valence electrons. The van der Waals surface area contributed by atoms with Gasteiger partial charge in [0.2, 0.25) is 0 Å². The number of carbonyl (C=O) groups is 1. The minimum Gasteiger partial charge on any atom is -0.395 e. The summed E-state index contributed by atoms with van der Waals surface area (Å²) in [5, 5.41) is 8.98. The number of benzene rings is 1. The molecule has 1 fully saturated rings. The monoisotopic (exact) mass is 274 g/mol. The van der Waals surface area contributed by atoms with E-state index in [0.29, 0.717) is 5.78 Å². The molecule has 0 aromatic heterocycles. The molecule has 4 nitrogen and oxygen atoms in total. The van der Waals surface area contributed by atoms with Crippen LogP contribution in [-0.2, 0) is 6.42 Å². The summed E-state index contributed by atoms with van der Waals surface area (Å²) >= 11 is 0. The molecule has 0 spiro atoms. The van der Waals surface area contributed by atoms with E-state index in [-0.39, 0.29) is 12.6 Å². The molecular formula is C16H22N2O2. The van der Waals surface area contributed by atoms with Crippen LogP contribution in [-0.4, -0.2) is 66.1 Å². The number of piperazine rings is 1. The number of aliphatic hydroxyl groups is 1. The number of fused-ring (bicyclic) bond motifs is 1. The molecular weight excluding hydrogens is 252 g/mol. The van der Waals surface area contributed by atoms with Crippen LogP contribution in [0.25, 0.3) is 0 Å². The third kappa shape index (κ3) is 2.64. The first-order valence-electron chi connectivity index (χ1n) is 7.49. The Morgan fingerprint density at radius 3 is 2.65 bits per heavy atom. The smallest absolute Gasteiger partial charge is 0.180 e. The Morgan fingerprint density at radius 2 is 1.90 bits per heavy atom. The van der Waals surface area contributed by atoms with Crippen molar-refractivity contribution in [1.82, 2.24) is 9.80 Å². The summed E-state index contributed by atoms with van der Waals surface area (Å²) in [7, 11) is 0. The summed E-state index contributed by atoms with van der Waals surface area (Å²) in [6.07, 6.45) is 1.94. The van der Waals surface area contributed by atoms with Gasteiger partial charge >= 0.3 is 0 Å². The minimum atomic E-state index is 0.0566. The number of aryl methyl sites for hydroxylation is 1. The second-order valence-corrected chi connectivity index (χ2v) is 5.68. The lowest BCUT2D eigenvalue weighted by Gasteiger charge is -2.40. The standard InChI is InChI=1S/C16H22N2O2/c19-12-11-17-7-9-18(10-8-17)15-6-5-13-3-1-2-4-14(13)16(15)20/h1-4,15,19H,5-12H2. The molecule has 1 heterocycles. The molecule has 3 rings (SSSR count). The molecule has 0 saturated carbocycles. The SMILES string of the molecule is O=C1c2ccccc2CCC1N1CCN(CCO)CC1. The minimum absolute atomic E-state index is 0.0566. The van der Waals surface area contributed by atoms with Gasteiger partial charge in [0, 0.05) is 38.3 Å². The van der Waals surface area contributed by atoms with Crippen molar-refractivity contribution < 1.29 is 9.90 Å². The van der Waals surface area contributed by atoms with Crippen LogP contribution in [0.1, 0.15) is 22.3 Å². The number of rotatable bonds is 3. The van der Waals surface area contributed by atoms with Crippen LogP contribution in [0.4, 0.5) is 0 Å². The Labute approximate surface area is 120 Å². The molecule has 1 aliphatic heterocycles. The zero-order valence-corrected chi connectivity index (χ0v) is 11.8. The molecule has 1 N–H and O–H groups in total. The maximum Gasteiger partial charge on any atom is 0.180 e. The third-order valence-electron chi connectivity index (χ3n) is 4.54. The molecule has 2 aliphatic rings. The summed E-state index contributed by atoms with van der Waals surface area (Å²) in [4.78, 5) is 17.2. The van der Waals surface area contributed by atoms with Gasteiger partial charge in [0.05, 0.1) is 12.6 Å². The molecule has 1 atom stereocenters. The highest BCUT2D eigenvalue weighted by Crippen LogP contribution is 2.25. The van der Waals surface area contributed by atoms with E-state index in [1.165, 1.54) is 5.56 Å². The zero-order valence-electron chi connectivity index (χ0n) is 11.8. The lowest BCUT2D eigenvalue weighted by atomic mass is 9.86. The number of ketones is 1. The topological polar surface area (TPSA) is 43.8 Å². The Kier molecular flexibility index (Phi) is 4.15. The van der Waals surface area contributed by atoms with Crippen LogP contribution >= 0.6 is 0 Å². The van der Waals surface area contributed by atoms with Gasteiger partial charge in [-0.2, -0.15) is 0 Å². The van der Waals surface area contributed by atoms with E-state index in [2.05, 4.69) is 15.9 Å². The molecule has 4 heteroatoms. The van der Waals surface area contributed by atoms with Crippen molar-refractivity contribution in [2.75, 3.05) is 39.3 Å². The molecule has 20 heavy (non-hydrogen) atoms. The molecule has 1 aliphatic carbocycles. The van der Waals surface area contributed by atoms with Crippen molar-refractivity contribution >= 4 is 5.78 Å². The molecule has 1 aromatic carbocycles. The van der Waals surface area contributed by atoms with Crippen molar-refractivity contribution in [3.8, 4) is 0 Å². The van der Waals surface area contributed by atoms with Gasteiger partial charge in [0.15, 0.2) is 5.78 Å². The Bertz CT molecular complexity index is 481. The quantitative estimate of drug-likeness (QED) is 0.885. The third-order valence-corrected chi connectivity index (χ3v) is 4.54. The fourth-order valence-corrected chi connectivity index (χ4v) is 3.37. The maximum absolute atomic E-state index is 12.6. The van der Waals surface area contributed by atoms with Crippen LogP contribution in [0, 0.1) is 0 Å².